The Kier molecular flexibility index (Phi) is 4.77. The molecule has 0 spiro atoms. The van der Waals surface area contributed by atoms with Crippen LogP contribution in [0.25, 0.3) is 22.2 Å². The molecule has 4 N–H and O–H groups in total. The van der Waals surface area contributed by atoms with Crippen molar-refractivity contribution in [2.75, 3.05) is 6.54 Å². The third kappa shape index (κ3) is 3.12. The molecule has 4 rings (SSSR count). The van der Waals surface area contributed by atoms with Gasteiger partial charge in [-0.2, -0.15) is 0 Å². The Bertz CT molecular complexity index is 1070. The van der Waals surface area contributed by atoms with E-state index in [-0.39, 0.29) is 5.82 Å². The smallest absolute Gasteiger partial charge is 0.275 e. The Balaban J connectivity index is 1.86. The maximum atomic E-state index is 14.7. The number of carbonyl (C=O) groups excluding carboxylic acids is 1. The molecule has 0 saturated heterocycles. The Hall–Kier alpha value is -2.57. The standard InChI is InChI=1S/C20H18B2FN3O2/c21-20(22)17-16-13(19(27)26-28-20)5-3-6-15(16)25-18(17)12-8-7-11(14(23)10-12)4-1-2-9-24/h3,5-8,10,25H,1-2,4,9,24H2,(H,26,27). The fraction of sp³-hybridized carbons (Fsp3) is 0.250. The lowest BCUT2D eigenvalue weighted by Gasteiger charge is -2.25. The summed E-state index contributed by atoms with van der Waals surface area (Å²) in [5.41, 5.74) is 10.9. The fourth-order valence-corrected chi connectivity index (χ4v) is 3.65. The summed E-state index contributed by atoms with van der Waals surface area (Å²) < 4.78 is 14.7. The first kappa shape index (κ1) is 18.8. The number of nitrogens with one attached hydrogen (secondary N) is 2. The average Bonchev–Trinajstić information content (AvgIpc) is 3.03. The number of unbranched alkanes of at least 4 members (excludes halogenated alkanes) is 1. The van der Waals surface area contributed by atoms with E-state index in [9.17, 15) is 9.18 Å². The molecule has 0 saturated carbocycles. The summed E-state index contributed by atoms with van der Waals surface area (Å²) in [7, 11) is 12.3. The summed E-state index contributed by atoms with van der Waals surface area (Å²) in [6.07, 6.45) is 2.29. The van der Waals surface area contributed by atoms with Crippen LogP contribution in [0.1, 0.15) is 34.3 Å². The van der Waals surface area contributed by atoms with Gasteiger partial charge in [0.05, 0.1) is 11.3 Å². The van der Waals surface area contributed by atoms with Crippen LogP contribution in [0.15, 0.2) is 36.4 Å². The van der Waals surface area contributed by atoms with Gasteiger partial charge in [0.15, 0.2) is 0 Å². The second-order valence-electron chi connectivity index (χ2n) is 6.98. The van der Waals surface area contributed by atoms with Crippen LogP contribution in [0.4, 0.5) is 4.39 Å². The molecule has 0 aliphatic carbocycles. The van der Waals surface area contributed by atoms with Gasteiger partial charge in [0.25, 0.3) is 5.91 Å². The number of aromatic amines is 1. The minimum Gasteiger partial charge on any atom is -0.354 e. The first-order valence-corrected chi connectivity index (χ1v) is 9.12. The molecule has 1 amide bonds. The van der Waals surface area contributed by atoms with Gasteiger partial charge in [-0.15, -0.1) is 0 Å². The highest BCUT2D eigenvalue weighted by Gasteiger charge is 2.34. The highest BCUT2D eigenvalue weighted by molar-refractivity contribution is 6.40. The van der Waals surface area contributed by atoms with Gasteiger partial charge in [-0.1, -0.05) is 18.2 Å². The van der Waals surface area contributed by atoms with Crippen molar-refractivity contribution in [3.63, 3.8) is 0 Å². The second kappa shape index (κ2) is 7.11. The van der Waals surface area contributed by atoms with Crippen molar-refractivity contribution in [2.45, 2.75) is 24.7 Å². The number of amides is 1. The number of H-pyrrole nitrogens is 1. The van der Waals surface area contributed by atoms with E-state index in [0.717, 1.165) is 12.8 Å². The van der Waals surface area contributed by atoms with Gasteiger partial charge < -0.3 is 10.7 Å². The molecule has 138 valence electrons. The first-order valence-electron chi connectivity index (χ1n) is 9.12. The van der Waals surface area contributed by atoms with Crippen molar-refractivity contribution in [1.82, 2.24) is 10.5 Å². The quantitative estimate of drug-likeness (QED) is 0.475. The lowest BCUT2D eigenvalue weighted by atomic mass is 9.60. The van der Waals surface area contributed by atoms with Gasteiger partial charge in [-0.25, -0.2) is 9.87 Å². The maximum absolute atomic E-state index is 14.7. The number of aryl methyl sites for hydroxylation is 1. The summed E-state index contributed by atoms with van der Waals surface area (Å²) in [4.78, 5) is 20.8. The van der Waals surface area contributed by atoms with Crippen molar-refractivity contribution in [3.8, 4) is 11.3 Å². The number of benzene rings is 2. The molecule has 8 heteroatoms. The minimum absolute atomic E-state index is 0.316. The first-order chi connectivity index (χ1) is 13.4. The van der Waals surface area contributed by atoms with Crippen LogP contribution < -0.4 is 11.2 Å². The van der Waals surface area contributed by atoms with Crippen LogP contribution in [-0.2, 0) is 16.7 Å². The molecule has 0 bridgehead atoms. The summed E-state index contributed by atoms with van der Waals surface area (Å²) in [5.74, 6) is -0.763. The molecule has 0 fully saturated rings. The van der Waals surface area contributed by atoms with E-state index in [0.29, 0.717) is 51.8 Å². The molecule has 0 atom stereocenters. The third-order valence-corrected chi connectivity index (χ3v) is 5.01. The summed E-state index contributed by atoms with van der Waals surface area (Å²) in [6.45, 7) is 0.586. The molecule has 5 nitrogen and oxygen atoms in total. The number of hydrogen-bond acceptors (Lipinski definition) is 3. The fourth-order valence-electron chi connectivity index (χ4n) is 3.65. The van der Waals surface area contributed by atoms with Crippen molar-refractivity contribution in [1.29, 1.82) is 0 Å². The largest absolute Gasteiger partial charge is 0.354 e. The van der Waals surface area contributed by atoms with E-state index in [1.54, 1.807) is 30.3 Å². The molecular formula is C20H18B2FN3O2. The third-order valence-electron chi connectivity index (χ3n) is 5.01. The van der Waals surface area contributed by atoms with Crippen molar-refractivity contribution >= 4 is 32.5 Å². The van der Waals surface area contributed by atoms with Crippen molar-refractivity contribution in [3.05, 3.63) is 58.9 Å². The maximum Gasteiger partial charge on any atom is 0.275 e. The van der Waals surface area contributed by atoms with E-state index in [4.69, 9.17) is 26.3 Å². The van der Waals surface area contributed by atoms with E-state index in [1.807, 2.05) is 0 Å². The summed E-state index contributed by atoms with van der Waals surface area (Å²) >= 11 is 0. The molecule has 1 aliphatic rings. The summed E-state index contributed by atoms with van der Waals surface area (Å²) in [5, 5.41) is -1.23. The number of carbonyl (C=O) groups is 1. The Morgan fingerprint density at radius 1 is 1.18 bits per heavy atom. The molecule has 1 aromatic heterocycles. The van der Waals surface area contributed by atoms with E-state index in [2.05, 4.69) is 10.5 Å². The van der Waals surface area contributed by atoms with Gasteiger partial charge in [0.2, 0.25) is 0 Å². The van der Waals surface area contributed by atoms with Gasteiger partial charge in [-0.3, -0.25) is 9.63 Å². The van der Waals surface area contributed by atoms with Crippen LogP contribution in [0.5, 0.6) is 0 Å². The zero-order valence-electron chi connectivity index (χ0n) is 15.2. The number of hydrogen-bond donors (Lipinski definition) is 3. The lowest BCUT2D eigenvalue weighted by molar-refractivity contribution is -0.000557. The SMILES string of the molecule is [B]C1([B])ONC(=O)c2cccc3[nH]c(-c4ccc(CCCCN)c(F)c4)c1c23. The minimum atomic E-state index is -1.79. The molecule has 2 aromatic carbocycles. The average molecular weight is 373 g/mol. The number of halogens is 1. The van der Waals surface area contributed by atoms with Crippen LogP contribution in [0, 0.1) is 5.82 Å². The van der Waals surface area contributed by atoms with Gasteiger partial charge in [-0.05, 0) is 49.6 Å². The predicted molar refractivity (Wildman–Crippen MR) is 107 cm³/mol. The molecule has 4 radical (unpaired) electrons. The number of aromatic nitrogens is 1. The predicted octanol–water partition coefficient (Wildman–Crippen LogP) is 2.38. The normalized spacial score (nSPS) is 15.4. The molecule has 2 heterocycles. The number of hydroxylamine groups is 1. The van der Waals surface area contributed by atoms with Gasteiger partial charge in [0.1, 0.15) is 21.5 Å². The molecule has 1 aliphatic heterocycles. The van der Waals surface area contributed by atoms with E-state index in [1.165, 1.54) is 6.07 Å². The highest BCUT2D eigenvalue weighted by Crippen LogP contribution is 2.40. The zero-order chi connectivity index (χ0) is 19.9. The van der Waals surface area contributed by atoms with E-state index < -0.39 is 11.3 Å². The Labute approximate surface area is 164 Å². The molecule has 0 unspecified atom stereocenters. The van der Waals surface area contributed by atoms with Crippen LogP contribution in [0.3, 0.4) is 0 Å². The number of rotatable bonds is 5. The highest BCUT2D eigenvalue weighted by atomic mass is 19.1. The van der Waals surface area contributed by atoms with Gasteiger partial charge in [0, 0.05) is 27.4 Å². The second-order valence-corrected chi connectivity index (χ2v) is 6.98. The topological polar surface area (TPSA) is 80.1 Å². The van der Waals surface area contributed by atoms with E-state index >= 15 is 0 Å². The number of nitrogens with two attached hydrogens (primary N) is 1. The molecule has 3 aromatic rings. The Morgan fingerprint density at radius 3 is 2.75 bits per heavy atom. The van der Waals surface area contributed by atoms with Gasteiger partial charge >= 0.3 is 0 Å². The molecule has 28 heavy (non-hydrogen) atoms. The van der Waals surface area contributed by atoms with Crippen LogP contribution >= 0.6 is 0 Å². The van der Waals surface area contributed by atoms with Crippen molar-refractivity contribution in [2.24, 2.45) is 5.73 Å². The zero-order valence-corrected chi connectivity index (χ0v) is 15.2. The Morgan fingerprint density at radius 2 is 2.00 bits per heavy atom. The lowest BCUT2D eigenvalue weighted by Crippen LogP contribution is -2.37. The molecular weight excluding hydrogens is 355 g/mol. The summed E-state index contributed by atoms with van der Waals surface area (Å²) in [6, 6.07) is 10.2. The van der Waals surface area contributed by atoms with Crippen LogP contribution in [-0.4, -0.2) is 33.1 Å². The van der Waals surface area contributed by atoms with Crippen LogP contribution in [0.2, 0.25) is 0 Å². The monoisotopic (exact) mass is 373 g/mol. The van der Waals surface area contributed by atoms with Crippen molar-refractivity contribution < 1.29 is 14.0 Å².